The van der Waals surface area contributed by atoms with Crippen molar-refractivity contribution in [3.05, 3.63) is 0 Å². The van der Waals surface area contributed by atoms with Gasteiger partial charge in [0.25, 0.3) is 0 Å². The van der Waals surface area contributed by atoms with E-state index in [-0.39, 0.29) is 5.97 Å². The molecule has 18 heavy (non-hydrogen) atoms. The van der Waals surface area contributed by atoms with Crippen molar-refractivity contribution in [2.75, 3.05) is 26.2 Å². The van der Waals surface area contributed by atoms with Crippen LogP contribution in [0, 0.1) is 11.8 Å². The third-order valence-corrected chi connectivity index (χ3v) is 2.64. The van der Waals surface area contributed by atoms with E-state index in [4.69, 9.17) is 4.74 Å². The van der Waals surface area contributed by atoms with Gasteiger partial charge >= 0.3 is 5.97 Å². The quantitative estimate of drug-likeness (QED) is 0.444. The molecule has 0 atom stereocenters. The highest BCUT2D eigenvalue weighted by Crippen LogP contribution is 2.05. The molecule has 0 bridgehead atoms. The number of rotatable bonds is 10. The lowest BCUT2D eigenvalue weighted by Gasteiger charge is -2.25. The number of hydrogen-bond acceptors (Lipinski definition) is 3. The number of esters is 1. The van der Waals surface area contributed by atoms with Gasteiger partial charge in [0.1, 0.15) is 0 Å². The fourth-order valence-electron chi connectivity index (χ4n) is 1.94. The van der Waals surface area contributed by atoms with Crippen LogP contribution in [0.1, 0.15) is 53.9 Å². The van der Waals surface area contributed by atoms with Crippen LogP contribution in [-0.2, 0) is 9.53 Å². The summed E-state index contributed by atoms with van der Waals surface area (Å²) in [5, 5.41) is 0. The highest BCUT2D eigenvalue weighted by Gasteiger charge is 2.12. The van der Waals surface area contributed by atoms with Crippen LogP contribution >= 0.6 is 0 Å². The summed E-state index contributed by atoms with van der Waals surface area (Å²) in [6.45, 7) is 14.5. The summed E-state index contributed by atoms with van der Waals surface area (Å²) < 4.78 is 5.18. The van der Waals surface area contributed by atoms with Crippen LogP contribution < -0.4 is 0 Å². The predicted octanol–water partition coefficient (Wildman–Crippen LogP) is 3.33. The van der Waals surface area contributed by atoms with Crippen molar-refractivity contribution < 1.29 is 9.53 Å². The summed E-state index contributed by atoms with van der Waals surface area (Å²) in [5.41, 5.74) is 0. The summed E-state index contributed by atoms with van der Waals surface area (Å²) >= 11 is 0. The standard InChI is InChI=1S/C15H31NO2/c1-6-7-10-18-15(17)8-9-16(11-13(2)3)12-14(4)5/h13-14H,6-12H2,1-5H3. The van der Waals surface area contributed by atoms with Crippen molar-refractivity contribution in [3.63, 3.8) is 0 Å². The lowest BCUT2D eigenvalue weighted by molar-refractivity contribution is -0.144. The smallest absolute Gasteiger partial charge is 0.307 e. The van der Waals surface area contributed by atoms with Gasteiger partial charge in [-0.2, -0.15) is 0 Å². The third kappa shape index (κ3) is 10.6. The molecule has 0 unspecified atom stereocenters. The van der Waals surface area contributed by atoms with E-state index in [1.54, 1.807) is 0 Å². The van der Waals surface area contributed by atoms with Crippen molar-refractivity contribution in [2.24, 2.45) is 11.8 Å². The van der Waals surface area contributed by atoms with Crippen molar-refractivity contribution >= 4 is 5.97 Å². The molecule has 3 heteroatoms. The maximum absolute atomic E-state index is 11.5. The first-order valence-corrected chi connectivity index (χ1v) is 7.33. The van der Waals surface area contributed by atoms with Gasteiger partial charge < -0.3 is 9.64 Å². The second-order valence-corrected chi connectivity index (χ2v) is 5.87. The maximum atomic E-state index is 11.5. The molecule has 0 amide bonds. The van der Waals surface area contributed by atoms with Crippen LogP contribution in [0.5, 0.6) is 0 Å². The second-order valence-electron chi connectivity index (χ2n) is 5.87. The Hall–Kier alpha value is -0.570. The molecule has 0 aliphatic carbocycles. The van der Waals surface area contributed by atoms with E-state index in [0.717, 1.165) is 32.5 Å². The van der Waals surface area contributed by atoms with Gasteiger partial charge in [0.05, 0.1) is 13.0 Å². The minimum Gasteiger partial charge on any atom is -0.466 e. The Morgan fingerprint density at radius 3 is 2.11 bits per heavy atom. The van der Waals surface area contributed by atoms with E-state index in [1.807, 2.05) is 0 Å². The molecule has 0 aromatic rings. The Morgan fingerprint density at radius 2 is 1.67 bits per heavy atom. The van der Waals surface area contributed by atoms with Gasteiger partial charge in [-0.05, 0) is 18.3 Å². The van der Waals surface area contributed by atoms with E-state index in [2.05, 4.69) is 39.5 Å². The zero-order valence-electron chi connectivity index (χ0n) is 12.9. The van der Waals surface area contributed by atoms with Crippen LogP contribution in [0.25, 0.3) is 0 Å². The van der Waals surface area contributed by atoms with Crippen molar-refractivity contribution in [3.8, 4) is 0 Å². The van der Waals surface area contributed by atoms with Crippen molar-refractivity contribution in [1.29, 1.82) is 0 Å². The van der Waals surface area contributed by atoms with Crippen LogP contribution in [-0.4, -0.2) is 37.1 Å². The van der Waals surface area contributed by atoms with Crippen LogP contribution in [0.2, 0.25) is 0 Å². The topological polar surface area (TPSA) is 29.5 Å². The first kappa shape index (κ1) is 17.4. The van der Waals surface area contributed by atoms with Gasteiger partial charge in [-0.1, -0.05) is 41.0 Å². The minimum absolute atomic E-state index is 0.0547. The van der Waals surface area contributed by atoms with E-state index in [0.29, 0.717) is 24.9 Å². The average Bonchev–Trinajstić information content (AvgIpc) is 2.25. The maximum Gasteiger partial charge on any atom is 0.307 e. The number of unbranched alkanes of at least 4 members (excludes halogenated alkanes) is 1. The highest BCUT2D eigenvalue weighted by atomic mass is 16.5. The first-order valence-electron chi connectivity index (χ1n) is 7.33. The lowest BCUT2D eigenvalue weighted by Crippen LogP contribution is -2.33. The normalized spacial score (nSPS) is 11.6. The molecule has 0 saturated heterocycles. The molecular weight excluding hydrogens is 226 g/mol. The molecule has 0 aliphatic rings. The molecule has 0 N–H and O–H groups in total. The van der Waals surface area contributed by atoms with E-state index in [1.165, 1.54) is 0 Å². The van der Waals surface area contributed by atoms with Gasteiger partial charge in [0.15, 0.2) is 0 Å². The molecule has 0 saturated carbocycles. The number of hydrogen-bond donors (Lipinski definition) is 0. The van der Waals surface area contributed by atoms with Gasteiger partial charge in [-0.25, -0.2) is 0 Å². The summed E-state index contributed by atoms with van der Waals surface area (Å²) in [6, 6.07) is 0. The minimum atomic E-state index is -0.0547. The largest absolute Gasteiger partial charge is 0.466 e. The Kier molecular flexibility index (Phi) is 10.0. The molecule has 0 aromatic carbocycles. The van der Waals surface area contributed by atoms with Crippen LogP contribution in [0.15, 0.2) is 0 Å². The molecule has 3 nitrogen and oxygen atoms in total. The summed E-state index contributed by atoms with van der Waals surface area (Å²) in [5.74, 6) is 1.22. The predicted molar refractivity (Wildman–Crippen MR) is 76.6 cm³/mol. The van der Waals surface area contributed by atoms with Crippen molar-refractivity contribution in [1.82, 2.24) is 4.90 Å². The monoisotopic (exact) mass is 257 g/mol. The Balaban J connectivity index is 3.89. The molecule has 0 aliphatic heterocycles. The highest BCUT2D eigenvalue weighted by molar-refractivity contribution is 5.69. The third-order valence-electron chi connectivity index (χ3n) is 2.64. The van der Waals surface area contributed by atoms with E-state index in [9.17, 15) is 4.79 Å². The van der Waals surface area contributed by atoms with Crippen molar-refractivity contribution in [2.45, 2.75) is 53.9 Å². The fraction of sp³-hybridized carbons (Fsp3) is 0.933. The lowest BCUT2D eigenvalue weighted by atomic mass is 10.1. The van der Waals surface area contributed by atoms with E-state index >= 15 is 0 Å². The first-order chi connectivity index (χ1) is 8.45. The SMILES string of the molecule is CCCCOC(=O)CCN(CC(C)C)CC(C)C. The Bertz CT molecular complexity index is 205. The fourth-order valence-corrected chi connectivity index (χ4v) is 1.94. The molecule has 0 heterocycles. The van der Waals surface area contributed by atoms with Gasteiger partial charge in [0, 0.05) is 19.6 Å². The molecule has 0 fully saturated rings. The number of ether oxygens (including phenoxy) is 1. The molecule has 0 aromatic heterocycles. The molecule has 0 spiro atoms. The van der Waals surface area contributed by atoms with E-state index < -0.39 is 0 Å². The molecular formula is C15H31NO2. The van der Waals surface area contributed by atoms with Gasteiger partial charge in [0.2, 0.25) is 0 Å². The average molecular weight is 257 g/mol. The molecule has 0 radical (unpaired) electrons. The summed E-state index contributed by atoms with van der Waals surface area (Å²) in [7, 11) is 0. The van der Waals surface area contributed by atoms with Crippen LogP contribution in [0.4, 0.5) is 0 Å². The Labute approximate surface area is 113 Å². The second kappa shape index (κ2) is 10.4. The summed E-state index contributed by atoms with van der Waals surface area (Å²) in [6.07, 6.45) is 2.55. The zero-order valence-corrected chi connectivity index (χ0v) is 12.9. The Morgan fingerprint density at radius 1 is 1.11 bits per heavy atom. The number of nitrogens with zero attached hydrogens (tertiary/aromatic N) is 1. The van der Waals surface area contributed by atoms with Crippen LogP contribution in [0.3, 0.4) is 0 Å². The molecule has 0 rings (SSSR count). The van der Waals surface area contributed by atoms with Gasteiger partial charge in [-0.3, -0.25) is 4.79 Å². The summed E-state index contributed by atoms with van der Waals surface area (Å²) in [4.78, 5) is 13.9. The molecule has 108 valence electrons. The zero-order chi connectivity index (χ0) is 14.0. The van der Waals surface area contributed by atoms with Gasteiger partial charge in [-0.15, -0.1) is 0 Å². The number of carbonyl (C=O) groups is 1. The number of carbonyl (C=O) groups excluding carboxylic acids is 1.